The van der Waals surface area contributed by atoms with Gasteiger partial charge in [0, 0.05) is 19.1 Å². The van der Waals surface area contributed by atoms with Crippen molar-refractivity contribution in [3.8, 4) is 0 Å². The average Bonchev–Trinajstić information content (AvgIpc) is 2.69. The third kappa shape index (κ3) is 4.65. The van der Waals surface area contributed by atoms with Gasteiger partial charge in [-0.05, 0) is 38.2 Å². The van der Waals surface area contributed by atoms with Crippen LogP contribution in [0.4, 0.5) is 0 Å². The highest BCUT2D eigenvalue weighted by atomic mass is 35.5. The van der Waals surface area contributed by atoms with E-state index in [1.54, 1.807) is 24.3 Å². The topological polar surface area (TPSA) is 92.3 Å². The summed E-state index contributed by atoms with van der Waals surface area (Å²) in [5, 5.41) is 3.56. The first kappa shape index (κ1) is 21.0. The Balaban J connectivity index is 1.62. The van der Waals surface area contributed by atoms with Gasteiger partial charge < -0.3 is 5.32 Å². The molecule has 150 valence electrons. The van der Waals surface area contributed by atoms with Crippen molar-refractivity contribution in [3.63, 3.8) is 0 Å². The normalized spacial score (nSPS) is 16.1. The van der Waals surface area contributed by atoms with Crippen LogP contribution in [0.25, 0.3) is 0 Å². The number of amides is 1. The molecule has 0 aliphatic carbocycles. The third-order valence-electron chi connectivity index (χ3n) is 4.57. The number of carbonyl (C=O) groups excluding carboxylic acids is 1. The summed E-state index contributed by atoms with van der Waals surface area (Å²) in [6.07, 6.45) is 4.27. The Morgan fingerprint density at radius 1 is 1.25 bits per heavy atom. The Morgan fingerprint density at radius 3 is 2.50 bits per heavy atom. The van der Waals surface area contributed by atoms with E-state index < -0.39 is 10.0 Å². The van der Waals surface area contributed by atoms with Crippen LogP contribution in [-0.2, 0) is 10.0 Å². The molecule has 1 aliphatic heterocycles. The monoisotopic (exact) mass is 440 g/mol. The van der Waals surface area contributed by atoms with Crippen molar-refractivity contribution < 1.29 is 13.2 Å². The fraction of sp³-hybridized carbons (Fsp3) is 0.389. The van der Waals surface area contributed by atoms with Gasteiger partial charge in [-0.25, -0.2) is 18.4 Å². The van der Waals surface area contributed by atoms with Crippen LogP contribution in [0.3, 0.4) is 0 Å². The number of thioether (sulfide) groups is 1. The molecule has 1 N–H and O–H groups in total. The Labute approximate surface area is 173 Å². The quantitative estimate of drug-likeness (QED) is 0.567. The van der Waals surface area contributed by atoms with E-state index in [2.05, 4.69) is 15.3 Å². The van der Waals surface area contributed by atoms with Crippen LogP contribution in [0, 0.1) is 6.92 Å². The Kier molecular flexibility index (Phi) is 6.59. The molecule has 0 spiro atoms. The zero-order chi connectivity index (χ0) is 20.3. The van der Waals surface area contributed by atoms with Crippen LogP contribution >= 0.6 is 23.4 Å². The van der Waals surface area contributed by atoms with Crippen molar-refractivity contribution in [2.75, 3.05) is 19.3 Å². The highest BCUT2D eigenvalue weighted by molar-refractivity contribution is 7.98. The second-order valence-corrected chi connectivity index (χ2v) is 9.64. The lowest BCUT2D eigenvalue weighted by Crippen LogP contribution is -2.46. The van der Waals surface area contributed by atoms with E-state index in [0.717, 1.165) is 5.56 Å². The van der Waals surface area contributed by atoms with Crippen molar-refractivity contribution >= 4 is 39.3 Å². The van der Waals surface area contributed by atoms with Gasteiger partial charge in [0.1, 0.15) is 0 Å². The molecule has 2 heterocycles. The number of hydrogen-bond acceptors (Lipinski definition) is 6. The van der Waals surface area contributed by atoms with Crippen molar-refractivity contribution in [1.82, 2.24) is 19.6 Å². The number of nitrogens with zero attached hydrogens (tertiary/aromatic N) is 3. The smallest absolute Gasteiger partial charge is 0.271 e. The van der Waals surface area contributed by atoms with Crippen molar-refractivity contribution in [2.24, 2.45) is 0 Å². The largest absolute Gasteiger partial charge is 0.348 e. The van der Waals surface area contributed by atoms with Gasteiger partial charge in [-0.3, -0.25) is 4.79 Å². The average molecular weight is 441 g/mol. The van der Waals surface area contributed by atoms with Gasteiger partial charge in [0.2, 0.25) is 10.0 Å². The number of carbonyl (C=O) groups is 1. The lowest BCUT2D eigenvalue weighted by molar-refractivity contribution is 0.0918. The fourth-order valence-electron chi connectivity index (χ4n) is 2.96. The number of aryl methyl sites for hydroxylation is 1. The number of halogens is 1. The molecule has 0 atom stereocenters. The number of hydrogen-bond donors (Lipinski definition) is 1. The minimum atomic E-state index is -3.52. The van der Waals surface area contributed by atoms with Crippen LogP contribution in [0.2, 0.25) is 5.02 Å². The molecule has 1 amide bonds. The number of piperidine rings is 1. The van der Waals surface area contributed by atoms with E-state index >= 15 is 0 Å². The maximum Gasteiger partial charge on any atom is 0.271 e. The molecular weight excluding hydrogens is 420 g/mol. The summed E-state index contributed by atoms with van der Waals surface area (Å²) in [6.45, 7) is 2.60. The number of benzene rings is 1. The van der Waals surface area contributed by atoms with E-state index in [1.165, 1.54) is 22.3 Å². The molecule has 1 aromatic heterocycles. The molecule has 1 saturated heterocycles. The zero-order valence-electron chi connectivity index (χ0n) is 15.6. The summed E-state index contributed by atoms with van der Waals surface area (Å²) >= 11 is 7.37. The first-order chi connectivity index (χ1) is 13.3. The first-order valence-electron chi connectivity index (χ1n) is 8.75. The molecule has 3 rings (SSSR count). The standard InChI is InChI=1S/C18H21ClN4O3S2/c1-12-3-5-14(6-4-12)28(25,26)23-9-7-13(8-10-23)21-17(24)16-15(19)11-20-18(22-16)27-2/h3-6,11,13H,7-10H2,1-2H3,(H,21,24). The fourth-order valence-corrected chi connectivity index (χ4v) is 4.95. The van der Waals surface area contributed by atoms with Crippen LogP contribution in [0.5, 0.6) is 0 Å². The Bertz CT molecular complexity index is 959. The molecule has 28 heavy (non-hydrogen) atoms. The van der Waals surface area contributed by atoms with Gasteiger partial charge in [-0.15, -0.1) is 0 Å². The van der Waals surface area contributed by atoms with Gasteiger partial charge in [0.25, 0.3) is 5.91 Å². The van der Waals surface area contributed by atoms with E-state index in [0.29, 0.717) is 31.1 Å². The summed E-state index contributed by atoms with van der Waals surface area (Å²) in [5.41, 5.74) is 1.14. The van der Waals surface area contributed by atoms with Gasteiger partial charge in [-0.1, -0.05) is 41.1 Å². The highest BCUT2D eigenvalue weighted by Crippen LogP contribution is 2.22. The maximum atomic E-state index is 12.8. The number of nitrogens with one attached hydrogen (secondary N) is 1. The molecule has 0 radical (unpaired) electrons. The first-order valence-corrected chi connectivity index (χ1v) is 11.8. The van der Waals surface area contributed by atoms with Crippen molar-refractivity contribution in [1.29, 1.82) is 0 Å². The second-order valence-electron chi connectivity index (χ2n) is 6.52. The van der Waals surface area contributed by atoms with Crippen LogP contribution in [-0.4, -0.2) is 54.0 Å². The van der Waals surface area contributed by atoms with Crippen LogP contribution < -0.4 is 5.32 Å². The van der Waals surface area contributed by atoms with Gasteiger partial charge in [-0.2, -0.15) is 4.31 Å². The summed E-state index contributed by atoms with van der Waals surface area (Å²) in [5.74, 6) is -0.373. The minimum absolute atomic E-state index is 0.135. The van der Waals surface area contributed by atoms with E-state index in [9.17, 15) is 13.2 Å². The third-order valence-corrected chi connectivity index (χ3v) is 7.32. The molecule has 0 saturated carbocycles. The van der Waals surface area contributed by atoms with E-state index in [1.807, 2.05) is 13.2 Å². The predicted octanol–water partition coefficient (Wildman–Crippen LogP) is 2.74. The Morgan fingerprint density at radius 2 is 1.89 bits per heavy atom. The second kappa shape index (κ2) is 8.77. The van der Waals surface area contributed by atoms with Crippen LogP contribution in [0.1, 0.15) is 28.9 Å². The zero-order valence-corrected chi connectivity index (χ0v) is 17.9. The molecular formula is C18H21ClN4O3S2. The molecule has 1 aliphatic rings. The number of aromatic nitrogens is 2. The highest BCUT2D eigenvalue weighted by Gasteiger charge is 2.30. The molecule has 1 fully saturated rings. The summed E-state index contributed by atoms with van der Waals surface area (Å²) in [7, 11) is -3.52. The van der Waals surface area contributed by atoms with Crippen molar-refractivity contribution in [3.05, 3.63) is 46.7 Å². The summed E-state index contributed by atoms with van der Waals surface area (Å²) < 4.78 is 27.0. The lowest BCUT2D eigenvalue weighted by Gasteiger charge is -2.31. The molecule has 10 heteroatoms. The number of sulfonamides is 1. The molecule has 2 aromatic rings. The van der Waals surface area contributed by atoms with Gasteiger partial charge >= 0.3 is 0 Å². The van der Waals surface area contributed by atoms with Gasteiger partial charge in [0.15, 0.2) is 10.9 Å². The maximum absolute atomic E-state index is 12.8. The number of rotatable bonds is 5. The molecule has 1 aromatic carbocycles. The SMILES string of the molecule is CSc1ncc(Cl)c(C(=O)NC2CCN(S(=O)(=O)c3ccc(C)cc3)CC2)n1. The van der Waals surface area contributed by atoms with Crippen LogP contribution in [0.15, 0.2) is 40.5 Å². The minimum Gasteiger partial charge on any atom is -0.348 e. The molecule has 7 nitrogen and oxygen atoms in total. The summed E-state index contributed by atoms with van der Waals surface area (Å²) in [4.78, 5) is 21.0. The predicted molar refractivity (Wildman–Crippen MR) is 109 cm³/mol. The van der Waals surface area contributed by atoms with E-state index in [-0.39, 0.29) is 27.6 Å². The molecule has 0 bridgehead atoms. The molecule has 0 unspecified atom stereocenters. The summed E-state index contributed by atoms with van der Waals surface area (Å²) in [6, 6.07) is 6.68. The Hall–Kier alpha value is -1.68. The van der Waals surface area contributed by atoms with E-state index in [4.69, 9.17) is 11.6 Å². The van der Waals surface area contributed by atoms with Gasteiger partial charge in [0.05, 0.1) is 16.1 Å². The van der Waals surface area contributed by atoms with Crippen molar-refractivity contribution in [2.45, 2.75) is 35.9 Å². The lowest BCUT2D eigenvalue weighted by atomic mass is 10.1.